The zero-order chi connectivity index (χ0) is 27.5. The van der Waals surface area contributed by atoms with Gasteiger partial charge in [0.1, 0.15) is 24.1 Å². The SMILES string of the molecule is CCN=C(N)CC[C@@H](COC(=O)Nc1cc2cc(F)ccc2cn1)NC(=O)CNCc1cccc(F)c1Cl. The summed E-state index contributed by atoms with van der Waals surface area (Å²) >= 11 is 5.94. The minimum atomic E-state index is -0.790. The molecule has 0 fully saturated rings. The van der Waals surface area contributed by atoms with Gasteiger partial charge in [0.15, 0.2) is 0 Å². The Morgan fingerprint density at radius 1 is 1.18 bits per heavy atom. The number of hydrogen-bond donors (Lipinski definition) is 4. The van der Waals surface area contributed by atoms with Gasteiger partial charge in [-0.15, -0.1) is 0 Å². The third-order valence-electron chi connectivity index (χ3n) is 5.44. The van der Waals surface area contributed by atoms with E-state index in [0.29, 0.717) is 41.6 Å². The summed E-state index contributed by atoms with van der Waals surface area (Å²) in [6.07, 6.45) is 1.47. The molecule has 0 saturated heterocycles. The highest BCUT2D eigenvalue weighted by Gasteiger charge is 2.16. The highest BCUT2D eigenvalue weighted by atomic mass is 35.5. The molecule has 0 bridgehead atoms. The number of carbonyl (C=O) groups is 2. The number of amides is 2. The summed E-state index contributed by atoms with van der Waals surface area (Å²) < 4.78 is 32.4. The lowest BCUT2D eigenvalue weighted by Crippen LogP contribution is -2.43. The molecule has 9 nitrogen and oxygen atoms in total. The Labute approximate surface area is 223 Å². The number of pyridine rings is 1. The summed E-state index contributed by atoms with van der Waals surface area (Å²) in [6, 6.07) is 9.65. The van der Waals surface area contributed by atoms with Gasteiger partial charge in [-0.3, -0.25) is 15.1 Å². The Balaban J connectivity index is 1.54. The van der Waals surface area contributed by atoms with Crippen LogP contribution in [0.4, 0.5) is 19.4 Å². The molecule has 38 heavy (non-hydrogen) atoms. The molecule has 0 radical (unpaired) electrons. The number of benzene rings is 2. The molecule has 1 atom stereocenters. The predicted octanol–water partition coefficient (Wildman–Crippen LogP) is 4.15. The normalized spacial score (nSPS) is 12.3. The van der Waals surface area contributed by atoms with Gasteiger partial charge in [0.05, 0.1) is 23.4 Å². The van der Waals surface area contributed by atoms with Crippen LogP contribution in [0.15, 0.2) is 53.7 Å². The lowest BCUT2D eigenvalue weighted by molar-refractivity contribution is -0.121. The number of nitrogens with one attached hydrogen (secondary N) is 3. The quantitative estimate of drug-likeness (QED) is 0.199. The van der Waals surface area contributed by atoms with Crippen molar-refractivity contribution in [3.8, 4) is 0 Å². The van der Waals surface area contributed by atoms with Crippen molar-refractivity contribution < 1.29 is 23.1 Å². The molecule has 12 heteroatoms. The van der Waals surface area contributed by atoms with Crippen LogP contribution in [0.2, 0.25) is 5.02 Å². The van der Waals surface area contributed by atoms with Crippen LogP contribution < -0.4 is 21.7 Å². The van der Waals surface area contributed by atoms with Crippen molar-refractivity contribution in [2.24, 2.45) is 10.7 Å². The molecule has 0 unspecified atom stereocenters. The standard InChI is InChI=1S/C26H29ClF2N6O3/c1-2-32-22(30)9-8-20(34-24(36)14-31-12-17-4-3-5-21(29)25(17)27)15-38-26(37)35-23-11-18-10-19(28)7-6-16(18)13-33-23/h3-7,10-11,13,20,31H,2,8-9,12,14-15H2,1H3,(H2,30,32)(H,34,36)(H,33,35,37)/t20-/m0/s1. The number of carbonyl (C=O) groups excluding carboxylic acids is 2. The van der Waals surface area contributed by atoms with Gasteiger partial charge in [0.25, 0.3) is 0 Å². The maximum absolute atomic E-state index is 13.6. The summed E-state index contributed by atoms with van der Waals surface area (Å²) in [5.74, 6) is -0.704. The maximum atomic E-state index is 13.6. The monoisotopic (exact) mass is 546 g/mol. The van der Waals surface area contributed by atoms with E-state index in [1.165, 1.54) is 36.5 Å². The van der Waals surface area contributed by atoms with Crippen molar-refractivity contribution in [2.75, 3.05) is 25.0 Å². The summed E-state index contributed by atoms with van der Waals surface area (Å²) in [7, 11) is 0. The van der Waals surface area contributed by atoms with Crippen molar-refractivity contribution in [1.29, 1.82) is 0 Å². The van der Waals surface area contributed by atoms with E-state index in [1.54, 1.807) is 12.1 Å². The van der Waals surface area contributed by atoms with E-state index in [9.17, 15) is 18.4 Å². The van der Waals surface area contributed by atoms with Gasteiger partial charge in [-0.25, -0.2) is 18.6 Å². The minimum absolute atomic E-state index is 0.00517. The number of ether oxygens (including phenoxy) is 1. The molecule has 0 spiro atoms. The van der Waals surface area contributed by atoms with Crippen molar-refractivity contribution >= 4 is 46.0 Å². The van der Waals surface area contributed by atoms with Gasteiger partial charge in [-0.1, -0.05) is 23.7 Å². The maximum Gasteiger partial charge on any atom is 0.412 e. The van der Waals surface area contributed by atoms with Crippen molar-refractivity contribution in [2.45, 2.75) is 32.4 Å². The third-order valence-corrected chi connectivity index (χ3v) is 5.86. The second-order valence-electron chi connectivity index (χ2n) is 8.37. The highest BCUT2D eigenvalue weighted by Crippen LogP contribution is 2.19. The molecule has 202 valence electrons. The predicted molar refractivity (Wildman–Crippen MR) is 143 cm³/mol. The van der Waals surface area contributed by atoms with Crippen LogP contribution in [0.25, 0.3) is 10.8 Å². The first-order valence-electron chi connectivity index (χ1n) is 12.0. The van der Waals surface area contributed by atoms with Crippen LogP contribution >= 0.6 is 11.6 Å². The summed E-state index contributed by atoms with van der Waals surface area (Å²) in [6.45, 7) is 2.34. The fourth-order valence-corrected chi connectivity index (χ4v) is 3.77. The van der Waals surface area contributed by atoms with Gasteiger partial charge in [0.2, 0.25) is 5.91 Å². The molecule has 0 aliphatic carbocycles. The van der Waals surface area contributed by atoms with Crippen LogP contribution in [0, 0.1) is 11.6 Å². The van der Waals surface area contributed by atoms with Gasteiger partial charge >= 0.3 is 6.09 Å². The number of hydrogen-bond acceptors (Lipinski definition) is 6. The third kappa shape index (κ3) is 8.93. The first kappa shape index (κ1) is 28.7. The van der Waals surface area contributed by atoms with E-state index in [1.807, 2.05) is 6.92 Å². The molecule has 3 rings (SSSR count). The van der Waals surface area contributed by atoms with Gasteiger partial charge < -0.3 is 21.1 Å². The van der Waals surface area contributed by atoms with E-state index in [0.717, 1.165) is 0 Å². The van der Waals surface area contributed by atoms with Crippen LogP contribution in [-0.4, -0.2) is 48.6 Å². The van der Waals surface area contributed by atoms with Crippen LogP contribution in [0.1, 0.15) is 25.3 Å². The van der Waals surface area contributed by atoms with Crippen LogP contribution in [0.3, 0.4) is 0 Å². The number of amidine groups is 1. The largest absolute Gasteiger partial charge is 0.447 e. The smallest absolute Gasteiger partial charge is 0.412 e. The van der Waals surface area contributed by atoms with E-state index < -0.39 is 23.8 Å². The molecule has 0 aliphatic rings. The number of nitrogens with zero attached hydrogens (tertiary/aromatic N) is 2. The molecule has 1 aromatic heterocycles. The van der Waals surface area contributed by atoms with E-state index in [-0.39, 0.29) is 36.4 Å². The zero-order valence-electron chi connectivity index (χ0n) is 20.8. The summed E-state index contributed by atoms with van der Waals surface area (Å²) in [5, 5.41) is 9.48. The number of aliphatic imine (C=N–C) groups is 1. The second-order valence-corrected chi connectivity index (χ2v) is 8.75. The Kier molecular flexibility index (Phi) is 10.7. The zero-order valence-corrected chi connectivity index (χ0v) is 21.5. The summed E-state index contributed by atoms with van der Waals surface area (Å²) in [5.41, 5.74) is 6.39. The van der Waals surface area contributed by atoms with E-state index in [4.69, 9.17) is 22.1 Å². The molecular weight excluding hydrogens is 518 g/mol. The van der Waals surface area contributed by atoms with Crippen LogP contribution in [0.5, 0.6) is 0 Å². The number of aromatic nitrogens is 1. The van der Waals surface area contributed by atoms with E-state index >= 15 is 0 Å². The fourth-order valence-electron chi connectivity index (χ4n) is 3.57. The molecule has 0 saturated carbocycles. The van der Waals surface area contributed by atoms with E-state index in [2.05, 4.69) is 25.9 Å². The molecule has 0 aliphatic heterocycles. The van der Waals surface area contributed by atoms with Crippen molar-refractivity contribution in [1.82, 2.24) is 15.6 Å². The number of rotatable bonds is 12. The highest BCUT2D eigenvalue weighted by molar-refractivity contribution is 6.31. The van der Waals surface area contributed by atoms with Gasteiger partial charge in [-0.05, 0) is 54.6 Å². The molecule has 5 N–H and O–H groups in total. The Bertz CT molecular complexity index is 1310. The lowest BCUT2D eigenvalue weighted by Gasteiger charge is -2.19. The molecule has 1 heterocycles. The first-order chi connectivity index (χ1) is 18.2. The number of fused-ring (bicyclic) bond motifs is 1. The Morgan fingerprint density at radius 3 is 2.79 bits per heavy atom. The number of nitrogens with two attached hydrogens (primary N) is 1. The average Bonchev–Trinajstić information content (AvgIpc) is 2.88. The molecular formula is C26H29ClF2N6O3. The topological polar surface area (TPSA) is 131 Å². The Hall–Kier alpha value is -3.83. The van der Waals surface area contributed by atoms with Crippen molar-refractivity contribution in [3.63, 3.8) is 0 Å². The van der Waals surface area contributed by atoms with Gasteiger partial charge in [-0.2, -0.15) is 0 Å². The van der Waals surface area contributed by atoms with Crippen LogP contribution in [-0.2, 0) is 16.1 Å². The molecule has 2 amide bonds. The first-order valence-corrected chi connectivity index (χ1v) is 12.3. The minimum Gasteiger partial charge on any atom is -0.447 e. The fraction of sp³-hybridized carbons (Fsp3) is 0.308. The van der Waals surface area contributed by atoms with Gasteiger partial charge in [0, 0.05) is 31.1 Å². The second kappa shape index (κ2) is 14.2. The van der Waals surface area contributed by atoms with Crippen molar-refractivity contribution in [3.05, 3.63) is 70.9 Å². The summed E-state index contributed by atoms with van der Waals surface area (Å²) in [4.78, 5) is 33.1. The Morgan fingerprint density at radius 2 is 2.00 bits per heavy atom. The average molecular weight is 547 g/mol. The number of halogens is 3. The molecule has 3 aromatic rings. The molecule has 2 aromatic carbocycles. The lowest BCUT2D eigenvalue weighted by atomic mass is 10.1. The number of anilines is 1.